The summed E-state index contributed by atoms with van der Waals surface area (Å²) >= 11 is 0. The summed E-state index contributed by atoms with van der Waals surface area (Å²) in [5.41, 5.74) is 3.16. The fourth-order valence-corrected chi connectivity index (χ4v) is 3.12. The van der Waals surface area contributed by atoms with Gasteiger partial charge in [0.15, 0.2) is 6.29 Å². The van der Waals surface area contributed by atoms with Crippen LogP contribution in [0.2, 0.25) is 0 Å². The third kappa shape index (κ3) is 4.46. The van der Waals surface area contributed by atoms with E-state index in [1.807, 2.05) is 43.5 Å². The Balaban J connectivity index is 1.73. The molecule has 0 fully saturated rings. The molecule has 3 rings (SSSR count). The van der Waals surface area contributed by atoms with Crippen molar-refractivity contribution in [3.8, 4) is 11.5 Å². The molecule has 1 aromatic carbocycles. The van der Waals surface area contributed by atoms with Crippen LogP contribution in [0.4, 0.5) is 0 Å². The molecule has 27 heavy (non-hydrogen) atoms. The fourth-order valence-electron chi connectivity index (χ4n) is 3.12. The summed E-state index contributed by atoms with van der Waals surface area (Å²) in [4.78, 5) is 13.3. The van der Waals surface area contributed by atoms with Crippen LogP contribution >= 0.6 is 0 Å². The molecule has 2 aromatic rings. The largest absolute Gasteiger partial charge is 0.497 e. The quantitative estimate of drug-likeness (QED) is 0.754. The number of allylic oxidation sites excluding steroid dienone is 1. The Labute approximate surface area is 160 Å². The molecule has 0 radical (unpaired) electrons. The summed E-state index contributed by atoms with van der Waals surface area (Å²) in [7, 11) is 7.49. The third-order valence-electron chi connectivity index (χ3n) is 4.68. The highest BCUT2D eigenvalue weighted by Crippen LogP contribution is 2.25. The summed E-state index contributed by atoms with van der Waals surface area (Å²) in [5, 5.41) is 0. The Hall–Kier alpha value is -2.86. The Kier molecular flexibility index (Phi) is 6.08. The number of aromatic nitrogens is 1. The van der Waals surface area contributed by atoms with Gasteiger partial charge < -0.3 is 14.4 Å². The van der Waals surface area contributed by atoms with E-state index in [0.29, 0.717) is 0 Å². The van der Waals surface area contributed by atoms with Gasteiger partial charge >= 0.3 is 0 Å². The number of ether oxygens (including phenoxy) is 2. The van der Waals surface area contributed by atoms with Crippen LogP contribution in [0.3, 0.4) is 0 Å². The van der Waals surface area contributed by atoms with Crippen molar-refractivity contribution in [2.75, 3.05) is 34.9 Å². The highest BCUT2D eigenvalue weighted by Gasteiger charge is 2.21. The zero-order valence-electron chi connectivity index (χ0n) is 16.3. The molecule has 142 valence electrons. The molecule has 1 aromatic heterocycles. The number of benzene rings is 1. The van der Waals surface area contributed by atoms with Crippen LogP contribution in [0.1, 0.15) is 11.1 Å². The lowest BCUT2D eigenvalue weighted by Crippen LogP contribution is -2.43. The predicted molar refractivity (Wildman–Crippen MR) is 107 cm³/mol. The van der Waals surface area contributed by atoms with Crippen molar-refractivity contribution in [3.05, 3.63) is 66.1 Å². The van der Waals surface area contributed by atoms with Crippen LogP contribution in [0, 0.1) is 0 Å². The Morgan fingerprint density at radius 1 is 1.11 bits per heavy atom. The van der Waals surface area contributed by atoms with Gasteiger partial charge in [-0.3, -0.25) is 9.88 Å². The van der Waals surface area contributed by atoms with Gasteiger partial charge in [-0.2, -0.15) is 0 Å². The van der Waals surface area contributed by atoms with E-state index in [0.717, 1.165) is 41.3 Å². The summed E-state index contributed by atoms with van der Waals surface area (Å²) in [6.07, 6.45) is 8.45. The molecule has 1 aliphatic rings. The topological polar surface area (TPSA) is 50.2 Å². The van der Waals surface area contributed by atoms with Crippen molar-refractivity contribution in [2.45, 2.75) is 12.7 Å². The fraction of sp³-hybridized carbons (Fsp3) is 0.333. The average molecular weight is 366 g/mol. The lowest BCUT2D eigenvalue weighted by molar-refractivity contribution is 0.127. The van der Waals surface area contributed by atoms with E-state index in [9.17, 15) is 0 Å². The highest BCUT2D eigenvalue weighted by atomic mass is 16.5. The van der Waals surface area contributed by atoms with Crippen LogP contribution in [-0.4, -0.2) is 61.6 Å². The molecule has 0 saturated carbocycles. The van der Waals surface area contributed by atoms with E-state index in [2.05, 4.69) is 28.0 Å². The van der Waals surface area contributed by atoms with Crippen molar-refractivity contribution in [1.82, 2.24) is 14.8 Å². The highest BCUT2D eigenvalue weighted by molar-refractivity contribution is 6.08. The molecule has 6 nitrogen and oxygen atoms in total. The molecular weight excluding hydrogens is 340 g/mol. The first-order valence-corrected chi connectivity index (χ1v) is 8.92. The molecule has 1 atom stereocenters. The van der Waals surface area contributed by atoms with Gasteiger partial charge in [-0.1, -0.05) is 0 Å². The van der Waals surface area contributed by atoms with Gasteiger partial charge in [-0.05, 0) is 55.4 Å². The number of rotatable bonds is 7. The normalized spacial score (nSPS) is 16.4. The smallest absolute Gasteiger partial charge is 0.178 e. The van der Waals surface area contributed by atoms with Crippen molar-refractivity contribution in [1.29, 1.82) is 0 Å². The number of hydrogen-bond acceptors (Lipinski definition) is 6. The van der Waals surface area contributed by atoms with Crippen LogP contribution in [-0.2, 0) is 6.42 Å². The number of hydrogen-bond donors (Lipinski definition) is 0. The molecule has 0 saturated heterocycles. The molecule has 1 unspecified atom stereocenters. The van der Waals surface area contributed by atoms with E-state index in [1.54, 1.807) is 26.6 Å². The standard InChI is InChI=1S/C21H26N4O2/c1-24(13-9-17-15-18(26-3)5-6-20(17)27-4)21-23-19(10-14-25(21)2)16-7-11-22-12-8-16/h5-8,10-12,14-15,21H,9,13H2,1-4H3. The van der Waals surface area contributed by atoms with Gasteiger partial charge in [0.1, 0.15) is 11.5 Å². The zero-order valence-corrected chi connectivity index (χ0v) is 16.3. The summed E-state index contributed by atoms with van der Waals surface area (Å²) in [6, 6.07) is 9.85. The Bertz CT molecular complexity index is 820. The maximum atomic E-state index is 5.49. The number of pyridine rings is 1. The van der Waals surface area contributed by atoms with Gasteiger partial charge in [0.2, 0.25) is 0 Å². The van der Waals surface area contributed by atoms with E-state index in [-0.39, 0.29) is 6.29 Å². The molecule has 2 heterocycles. The molecule has 6 heteroatoms. The number of likely N-dealkylation sites (N-methyl/N-ethyl adjacent to an activating group) is 1. The first-order valence-electron chi connectivity index (χ1n) is 8.92. The van der Waals surface area contributed by atoms with Gasteiger partial charge in [0.05, 0.1) is 19.9 Å². The minimum atomic E-state index is -0.0604. The van der Waals surface area contributed by atoms with Crippen molar-refractivity contribution in [3.63, 3.8) is 0 Å². The summed E-state index contributed by atoms with van der Waals surface area (Å²) in [6.45, 7) is 0.833. The maximum absolute atomic E-state index is 5.49. The number of nitrogens with zero attached hydrogens (tertiary/aromatic N) is 4. The zero-order chi connectivity index (χ0) is 19.2. The van der Waals surface area contributed by atoms with Crippen molar-refractivity contribution < 1.29 is 9.47 Å². The molecule has 0 aliphatic carbocycles. The lowest BCUT2D eigenvalue weighted by atomic mass is 10.1. The first kappa shape index (κ1) is 18.9. The SMILES string of the molecule is COc1ccc(OC)c(CCN(C)C2N=C(c3ccncc3)C=CN2C)c1. The van der Waals surface area contributed by atoms with Crippen LogP contribution < -0.4 is 9.47 Å². The molecular formula is C21H26N4O2. The van der Waals surface area contributed by atoms with E-state index < -0.39 is 0 Å². The third-order valence-corrected chi connectivity index (χ3v) is 4.68. The molecule has 1 aliphatic heterocycles. The second-order valence-electron chi connectivity index (χ2n) is 6.49. The summed E-state index contributed by atoms with van der Waals surface area (Å²) < 4.78 is 10.8. The first-order chi connectivity index (χ1) is 13.1. The predicted octanol–water partition coefficient (Wildman–Crippen LogP) is 2.81. The van der Waals surface area contributed by atoms with Crippen LogP contribution in [0.25, 0.3) is 0 Å². The molecule has 0 spiro atoms. The minimum Gasteiger partial charge on any atom is -0.497 e. The Morgan fingerprint density at radius 2 is 1.89 bits per heavy atom. The lowest BCUT2D eigenvalue weighted by Gasteiger charge is -2.34. The van der Waals surface area contributed by atoms with Gasteiger partial charge in [0.25, 0.3) is 0 Å². The van der Waals surface area contributed by atoms with Gasteiger partial charge in [-0.15, -0.1) is 0 Å². The van der Waals surface area contributed by atoms with E-state index in [4.69, 9.17) is 14.5 Å². The van der Waals surface area contributed by atoms with Gasteiger partial charge in [-0.25, -0.2) is 4.99 Å². The second-order valence-corrected chi connectivity index (χ2v) is 6.49. The van der Waals surface area contributed by atoms with Crippen molar-refractivity contribution in [2.24, 2.45) is 4.99 Å². The van der Waals surface area contributed by atoms with Crippen LogP contribution in [0.15, 0.2) is 60.0 Å². The number of methoxy groups -OCH3 is 2. The average Bonchev–Trinajstić information content (AvgIpc) is 2.72. The molecule has 0 amide bonds. The molecule has 0 bridgehead atoms. The van der Waals surface area contributed by atoms with Crippen molar-refractivity contribution >= 4 is 5.71 Å². The van der Waals surface area contributed by atoms with E-state index >= 15 is 0 Å². The Morgan fingerprint density at radius 3 is 2.59 bits per heavy atom. The maximum Gasteiger partial charge on any atom is 0.178 e. The summed E-state index contributed by atoms with van der Waals surface area (Å²) in [5.74, 6) is 1.71. The van der Waals surface area contributed by atoms with Gasteiger partial charge in [0, 0.05) is 37.7 Å². The van der Waals surface area contributed by atoms with E-state index in [1.165, 1.54) is 0 Å². The monoisotopic (exact) mass is 366 g/mol. The molecule has 0 N–H and O–H groups in total. The second kappa shape index (κ2) is 8.68. The minimum absolute atomic E-state index is 0.0604. The van der Waals surface area contributed by atoms with Crippen LogP contribution in [0.5, 0.6) is 11.5 Å². The number of aliphatic imine (C=N–C) groups is 1.